The molecule has 1 aromatic carbocycles. The molecular formula is C16H23N3O5S. The van der Waals surface area contributed by atoms with E-state index in [2.05, 4.69) is 0 Å². The van der Waals surface area contributed by atoms with Crippen molar-refractivity contribution in [3.63, 3.8) is 0 Å². The molecular weight excluding hydrogens is 346 g/mol. The van der Waals surface area contributed by atoms with Crippen molar-refractivity contribution in [3.05, 3.63) is 23.8 Å². The lowest BCUT2D eigenvalue weighted by Crippen LogP contribution is -2.35. The van der Waals surface area contributed by atoms with Crippen LogP contribution in [-0.2, 0) is 14.8 Å². The van der Waals surface area contributed by atoms with E-state index in [1.807, 2.05) is 0 Å². The minimum atomic E-state index is -3.67. The average molecular weight is 369 g/mol. The van der Waals surface area contributed by atoms with Gasteiger partial charge in [0.15, 0.2) is 6.10 Å². The maximum absolute atomic E-state index is 12.6. The Bertz CT molecular complexity index is 770. The number of carbonyl (C=O) groups excluding carboxylic acids is 2. The molecule has 2 rings (SSSR count). The van der Waals surface area contributed by atoms with E-state index in [9.17, 15) is 18.0 Å². The number of hydrogen-bond donors (Lipinski definition) is 1. The number of amides is 2. The van der Waals surface area contributed by atoms with Crippen molar-refractivity contribution in [2.75, 3.05) is 27.2 Å². The van der Waals surface area contributed by atoms with Gasteiger partial charge in [-0.3, -0.25) is 9.59 Å². The maximum Gasteiger partial charge on any atom is 0.262 e. The lowest BCUT2D eigenvalue weighted by Gasteiger charge is -2.20. The van der Waals surface area contributed by atoms with Gasteiger partial charge in [-0.05, 0) is 38.0 Å². The Morgan fingerprint density at radius 3 is 2.36 bits per heavy atom. The van der Waals surface area contributed by atoms with Crippen molar-refractivity contribution in [1.29, 1.82) is 0 Å². The summed E-state index contributed by atoms with van der Waals surface area (Å²) in [5.74, 6) is -1.03. The minimum absolute atomic E-state index is 0.0119. The molecule has 0 aliphatic carbocycles. The average Bonchev–Trinajstić information content (AvgIpc) is 3.09. The molecule has 0 saturated carbocycles. The van der Waals surface area contributed by atoms with Crippen LogP contribution in [0.1, 0.15) is 30.1 Å². The topological polar surface area (TPSA) is 110 Å². The molecule has 2 amide bonds. The Kier molecular flexibility index (Phi) is 5.69. The molecule has 8 nitrogen and oxygen atoms in total. The van der Waals surface area contributed by atoms with Gasteiger partial charge in [-0.1, -0.05) is 0 Å². The number of sulfonamides is 1. The number of likely N-dealkylation sites (N-methyl/N-ethyl adjacent to an activating group) is 1. The highest BCUT2D eigenvalue weighted by atomic mass is 32.2. The number of hydrogen-bond acceptors (Lipinski definition) is 5. The summed E-state index contributed by atoms with van der Waals surface area (Å²) >= 11 is 0. The Hall–Kier alpha value is -2.13. The smallest absolute Gasteiger partial charge is 0.262 e. The summed E-state index contributed by atoms with van der Waals surface area (Å²) in [4.78, 5) is 25.0. The third kappa shape index (κ3) is 4.10. The highest BCUT2D eigenvalue weighted by Crippen LogP contribution is 2.27. The van der Waals surface area contributed by atoms with Crippen LogP contribution < -0.4 is 10.5 Å². The molecule has 25 heavy (non-hydrogen) atoms. The van der Waals surface area contributed by atoms with Gasteiger partial charge in [0.05, 0.1) is 10.5 Å². The zero-order valence-corrected chi connectivity index (χ0v) is 15.4. The van der Waals surface area contributed by atoms with Crippen LogP contribution in [0.25, 0.3) is 0 Å². The zero-order chi connectivity index (χ0) is 18.8. The van der Waals surface area contributed by atoms with Gasteiger partial charge in [-0.2, -0.15) is 4.31 Å². The zero-order valence-electron chi connectivity index (χ0n) is 14.6. The highest BCUT2D eigenvalue weighted by Gasteiger charge is 2.29. The number of benzene rings is 1. The van der Waals surface area contributed by atoms with Crippen molar-refractivity contribution in [3.8, 4) is 5.75 Å². The maximum atomic E-state index is 12.6. The second-order valence-corrected chi connectivity index (χ2v) is 8.06. The van der Waals surface area contributed by atoms with Crippen LogP contribution in [0.2, 0.25) is 0 Å². The van der Waals surface area contributed by atoms with Crippen molar-refractivity contribution < 1.29 is 22.7 Å². The summed E-state index contributed by atoms with van der Waals surface area (Å²) in [6.45, 7) is 2.46. The molecule has 1 aromatic rings. The van der Waals surface area contributed by atoms with E-state index in [-0.39, 0.29) is 22.1 Å². The van der Waals surface area contributed by atoms with E-state index >= 15 is 0 Å². The van der Waals surface area contributed by atoms with Crippen LogP contribution in [0.4, 0.5) is 0 Å². The van der Waals surface area contributed by atoms with Gasteiger partial charge in [0.1, 0.15) is 5.75 Å². The largest absolute Gasteiger partial charge is 0.480 e. The fourth-order valence-corrected chi connectivity index (χ4v) is 4.19. The Balaban J connectivity index is 2.35. The van der Waals surface area contributed by atoms with E-state index in [4.69, 9.17) is 10.5 Å². The fraction of sp³-hybridized carbons (Fsp3) is 0.500. The molecule has 0 aromatic heterocycles. The lowest BCUT2D eigenvalue weighted by atomic mass is 10.2. The van der Waals surface area contributed by atoms with Gasteiger partial charge in [0, 0.05) is 27.2 Å². The van der Waals surface area contributed by atoms with E-state index in [1.165, 1.54) is 27.4 Å². The molecule has 1 fully saturated rings. The first-order valence-corrected chi connectivity index (χ1v) is 9.40. The molecule has 1 heterocycles. The molecule has 1 aliphatic rings. The first-order valence-electron chi connectivity index (χ1n) is 7.96. The Labute approximate surface area is 147 Å². The van der Waals surface area contributed by atoms with Gasteiger partial charge in [-0.15, -0.1) is 0 Å². The number of carbonyl (C=O) groups is 2. The lowest BCUT2D eigenvalue weighted by molar-refractivity contribution is -0.135. The van der Waals surface area contributed by atoms with Crippen LogP contribution >= 0.6 is 0 Å². The van der Waals surface area contributed by atoms with Gasteiger partial charge in [-0.25, -0.2) is 8.42 Å². The second-order valence-electron chi connectivity index (χ2n) is 6.13. The molecule has 1 aliphatic heterocycles. The minimum Gasteiger partial charge on any atom is -0.480 e. The van der Waals surface area contributed by atoms with Gasteiger partial charge >= 0.3 is 0 Å². The normalized spacial score (nSPS) is 16.4. The second kappa shape index (κ2) is 7.40. The van der Waals surface area contributed by atoms with Gasteiger partial charge in [0.25, 0.3) is 11.8 Å². The van der Waals surface area contributed by atoms with Crippen molar-refractivity contribution in [1.82, 2.24) is 9.21 Å². The third-order valence-corrected chi connectivity index (χ3v) is 5.91. The molecule has 0 radical (unpaired) electrons. The quantitative estimate of drug-likeness (QED) is 0.782. The van der Waals surface area contributed by atoms with Crippen molar-refractivity contribution >= 4 is 21.8 Å². The molecule has 1 atom stereocenters. The molecule has 138 valence electrons. The Morgan fingerprint density at radius 1 is 1.24 bits per heavy atom. The summed E-state index contributed by atoms with van der Waals surface area (Å²) in [5.41, 5.74) is 5.30. The SMILES string of the molecule is C[C@H](Oc1ccc(S(=O)(=O)N2CCCC2)cc1C(N)=O)C(=O)N(C)C. The van der Waals surface area contributed by atoms with E-state index in [0.29, 0.717) is 13.1 Å². The number of primary amides is 1. The predicted molar refractivity (Wildman–Crippen MR) is 91.7 cm³/mol. The number of rotatable bonds is 6. The van der Waals surface area contributed by atoms with E-state index < -0.39 is 22.0 Å². The standard InChI is InChI=1S/C16H23N3O5S/c1-11(16(21)18(2)3)24-14-7-6-12(10-13(14)15(17)20)25(22,23)19-8-4-5-9-19/h6-7,10-11H,4-5,8-9H2,1-3H3,(H2,17,20)/t11-/m0/s1. The van der Waals surface area contributed by atoms with Crippen molar-refractivity contribution in [2.45, 2.75) is 30.8 Å². The molecule has 9 heteroatoms. The predicted octanol–water partition coefficient (Wildman–Crippen LogP) is 0.426. The van der Waals surface area contributed by atoms with Crippen LogP contribution in [0.15, 0.2) is 23.1 Å². The summed E-state index contributed by atoms with van der Waals surface area (Å²) in [7, 11) is -0.502. The van der Waals surface area contributed by atoms with E-state index in [1.54, 1.807) is 21.0 Å². The third-order valence-electron chi connectivity index (χ3n) is 4.01. The monoisotopic (exact) mass is 369 g/mol. The first-order chi connectivity index (χ1) is 11.6. The van der Waals surface area contributed by atoms with Crippen LogP contribution in [-0.4, -0.2) is 62.7 Å². The number of nitrogens with two attached hydrogens (primary N) is 1. The van der Waals surface area contributed by atoms with Crippen LogP contribution in [0.3, 0.4) is 0 Å². The van der Waals surface area contributed by atoms with Gasteiger partial charge < -0.3 is 15.4 Å². The van der Waals surface area contributed by atoms with Crippen LogP contribution in [0, 0.1) is 0 Å². The molecule has 0 spiro atoms. The van der Waals surface area contributed by atoms with Crippen molar-refractivity contribution in [2.24, 2.45) is 5.73 Å². The fourth-order valence-electron chi connectivity index (χ4n) is 2.65. The molecule has 1 saturated heterocycles. The van der Waals surface area contributed by atoms with Gasteiger partial charge in [0.2, 0.25) is 10.0 Å². The highest BCUT2D eigenvalue weighted by molar-refractivity contribution is 7.89. The molecule has 2 N–H and O–H groups in total. The molecule has 0 bridgehead atoms. The van der Waals surface area contributed by atoms with Crippen LogP contribution in [0.5, 0.6) is 5.75 Å². The number of nitrogens with zero attached hydrogens (tertiary/aromatic N) is 2. The van der Waals surface area contributed by atoms with E-state index in [0.717, 1.165) is 12.8 Å². The summed E-state index contributed by atoms with van der Waals surface area (Å²) in [6.07, 6.45) is 0.787. The summed E-state index contributed by atoms with van der Waals surface area (Å²) < 4.78 is 32.1. The first kappa shape index (κ1) is 19.2. The summed E-state index contributed by atoms with van der Waals surface area (Å²) in [5, 5.41) is 0. The number of ether oxygens (including phenoxy) is 1. The Morgan fingerprint density at radius 2 is 1.84 bits per heavy atom. The molecule has 0 unspecified atom stereocenters. The summed E-state index contributed by atoms with van der Waals surface area (Å²) in [6, 6.07) is 3.93.